The minimum absolute atomic E-state index is 0.0304. The molecule has 170 valence electrons. The van der Waals surface area contributed by atoms with Crippen molar-refractivity contribution in [3.63, 3.8) is 0 Å². The predicted molar refractivity (Wildman–Crippen MR) is 125 cm³/mol. The first-order valence-corrected chi connectivity index (χ1v) is 11.2. The van der Waals surface area contributed by atoms with Crippen LogP contribution in [0.15, 0.2) is 42.5 Å². The Balaban J connectivity index is 1.62. The van der Waals surface area contributed by atoms with Crippen molar-refractivity contribution >= 4 is 29.1 Å². The third-order valence-electron chi connectivity index (χ3n) is 5.41. The van der Waals surface area contributed by atoms with E-state index in [0.29, 0.717) is 29.1 Å². The molecule has 0 atom stereocenters. The van der Waals surface area contributed by atoms with Crippen LogP contribution < -0.4 is 15.4 Å². The van der Waals surface area contributed by atoms with E-state index in [1.165, 1.54) is 0 Å². The normalized spacial score (nSPS) is 13.4. The first-order chi connectivity index (χ1) is 15.5. The summed E-state index contributed by atoms with van der Waals surface area (Å²) in [4.78, 5) is 38.8. The molecule has 0 radical (unpaired) electrons. The van der Waals surface area contributed by atoms with Gasteiger partial charge in [-0.1, -0.05) is 19.1 Å². The van der Waals surface area contributed by atoms with Gasteiger partial charge in [-0.3, -0.25) is 14.4 Å². The highest BCUT2D eigenvalue weighted by Gasteiger charge is 2.17. The van der Waals surface area contributed by atoms with E-state index in [4.69, 9.17) is 4.74 Å². The SMILES string of the molecule is CCCC(=O)Nc1ccc(C)c(NC(=O)c2cccc(OCC(=O)N3CCCCC3)c2)c1. The number of ether oxygens (including phenoxy) is 1. The summed E-state index contributed by atoms with van der Waals surface area (Å²) < 4.78 is 5.65. The molecule has 7 nitrogen and oxygen atoms in total. The van der Waals surface area contributed by atoms with E-state index in [9.17, 15) is 14.4 Å². The van der Waals surface area contributed by atoms with E-state index < -0.39 is 0 Å². The molecule has 0 saturated carbocycles. The summed E-state index contributed by atoms with van der Waals surface area (Å²) >= 11 is 0. The van der Waals surface area contributed by atoms with Crippen LogP contribution in [0.5, 0.6) is 5.75 Å². The molecule has 32 heavy (non-hydrogen) atoms. The van der Waals surface area contributed by atoms with Crippen molar-refractivity contribution in [2.75, 3.05) is 30.3 Å². The van der Waals surface area contributed by atoms with Crippen LogP contribution in [-0.2, 0) is 9.59 Å². The Labute approximate surface area is 189 Å². The lowest BCUT2D eigenvalue weighted by atomic mass is 10.1. The summed E-state index contributed by atoms with van der Waals surface area (Å²) in [5.74, 6) is 0.0907. The van der Waals surface area contributed by atoms with Gasteiger partial charge in [-0.2, -0.15) is 0 Å². The zero-order valence-electron chi connectivity index (χ0n) is 18.8. The van der Waals surface area contributed by atoms with Crippen molar-refractivity contribution in [3.8, 4) is 5.75 Å². The first kappa shape index (κ1) is 23.3. The quantitative estimate of drug-likeness (QED) is 0.642. The first-order valence-electron chi connectivity index (χ1n) is 11.2. The Kier molecular flexibility index (Phi) is 8.25. The Morgan fingerprint density at radius 1 is 1.00 bits per heavy atom. The highest BCUT2D eigenvalue weighted by molar-refractivity contribution is 6.05. The number of anilines is 2. The topological polar surface area (TPSA) is 87.7 Å². The second-order valence-electron chi connectivity index (χ2n) is 8.04. The van der Waals surface area contributed by atoms with Gasteiger partial charge in [-0.05, 0) is 68.5 Å². The Hall–Kier alpha value is -3.35. The zero-order chi connectivity index (χ0) is 22.9. The summed E-state index contributed by atoms with van der Waals surface area (Å²) in [6.45, 7) is 5.36. The molecule has 0 spiro atoms. The number of nitrogens with one attached hydrogen (secondary N) is 2. The van der Waals surface area contributed by atoms with Crippen LogP contribution >= 0.6 is 0 Å². The van der Waals surface area contributed by atoms with Crippen LogP contribution in [0.4, 0.5) is 11.4 Å². The molecule has 1 fully saturated rings. The van der Waals surface area contributed by atoms with E-state index in [-0.39, 0.29) is 24.3 Å². The average Bonchev–Trinajstić information content (AvgIpc) is 2.80. The minimum Gasteiger partial charge on any atom is -0.484 e. The molecule has 2 aromatic rings. The molecule has 1 heterocycles. The average molecular weight is 438 g/mol. The third kappa shape index (κ3) is 6.57. The second-order valence-corrected chi connectivity index (χ2v) is 8.04. The third-order valence-corrected chi connectivity index (χ3v) is 5.41. The number of aryl methyl sites for hydroxylation is 1. The lowest BCUT2D eigenvalue weighted by molar-refractivity contribution is -0.134. The number of amides is 3. The molecular formula is C25H31N3O4. The van der Waals surface area contributed by atoms with Gasteiger partial charge in [0, 0.05) is 36.4 Å². The van der Waals surface area contributed by atoms with Crippen molar-refractivity contribution in [2.45, 2.75) is 46.0 Å². The fourth-order valence-corrected chi connectivity index (χ4v) is 3.59. The Morgan fingerprint density at radius 3 is 2.53 bits per heavy atom. The molecule has 1 aliphatic heterocycles. The number of hydrogen-bond donors (Lipinski definition) is 2. The minimum atomic E-state index is -0.294. The summed E-state index contributed by atoms with van der Waals surface area (Å²) in [5.41, 5.74) is 2.56. The van der Waals surface area contributed by atoms with Crippen LogP contribution in [0.25, 0.3) is 0 Å². The van der Waals surface area contributed by atoms with Gasteiger partial charge in [-0.15, -0.1) is 0 Å². The standard InChI is InChI=1S/C25H31N3O4/c1-3-8-23(29)26-20-12-11-18(2)22(16-20)27-25(31)19-9-7-10-21(15-19)32-17-24(30)28-13-5-4-6-14-28/h7,9-12,15-16H,3-6,8,13-14,17H2,1-2H3,(H,26,29)(H,27,31). The maximum Gasteiger partial charge on any atom is 0.260 e. The molecule has 0 unspecified atom stereocenters. The van der Waals surface area contributed by atoms with E-state index in [1.54, 1.807) is 30.3 Å². The summed E-state index contributed by atoms with van der Waals surface area (Å²) in [6, 6.07) is 12.2. The Morgan fingerprint density at radius 2 is 1.78 bits per heavy atom. The predicted octanol–water partition coefficient (Wildman–Crippen LogP) is 4.38. The van der Waals surface area contributed by atoms with Gasteiger partial charge in [0.05, 0.1) is 0 Å². The van der Waals surface area contributed by atoms with Crippen LogP contribution in [0.3, 0.4) is 0 Å². The lowest BCUT2D eigenvalue weighted by Gasteiger charge is -2.26. The maximum absolute atomic E-state index is 12.8. The fraction of sp³-hybridized carbons (Fsp3) is 0.400. The summed E-state index contributed by atoms with van der Waals surface area (Å²) in [5, 5.41) is 5.74. The molecule has 0 aliphatic carbocycles. The number of nitrogens with zero attached hydrogens (tertiary/aromatic N) is 1. The van der Waals surface area contributed by atoms with Gasteiger partial charge in [0.2, 0.25) is 5.91 Å². The molecule has 0 aromatic heterocycles. The van der Waals surface area contributed by atoms with E-state index in [2.05, 4.69) is 10.6 Å². The van der Waals surface area contributed by atoms with Crippen LogP contribution in [0.2, 0.25) is 0 Å². The number of piperidine rings is 1. The van der Waals surface area contributed by atoms with E-state index in [0.717, 1.165) is 44.3 Å². The number of benzene rings is 2. The molecule has 1 saturated heterocycles. The number of carbonyl (C=O) groups is 3. The van der Waals surface area contributed by atoms with Gasteiger partial charge in [0.1, 0.15) is 5.75 Å². The summed E-state index contributed by atoms with van der Waals surface area (Å²) in [7, 11) is 0. The van der Waals surface area contributed by atoms with Crippen molar-refractivity contribution < 1.29 is 19.1 Å². The van der Waals surface area contributed by atoms with Gasteiger partial charge >= 0.3 is 0 Å². The molecular weight excluding hydrogens is 406 g/mol. The zero-order valence-corrected chi connectivity index (χ0v) is 18.8. The van der Waals surface area contributed by atoms with Gasteiger partial charge < -0.3 is 20.3 Å². The largest absolute Gasteiger partial charge is 0.484 e. The van der Waals surface area contributed by atoms with Gasteiger partial charge in [0.25, 0.3) is 11.8 Å². The number of hydrogen-bond acceptors (Lipinski definition) is 4. The summed E-state index contributed by atoms with van der Waals surface area (Å²) in [6.07, 6.45) is 4.44. The Bertz CT molecular complexity index is 967. The fourth-order valence-electron chi connectivity index (χ4n) is 3.59. The molecule has 0 bridgehead atoms. The van der Waals surface area contributed by atoms with Gasteiger partial charge in [-0.25, -0.2) is 0 Å². The number of rotatable bonds is 8. The second kappa shape index (κ2) is 11.3. The number of likely N-dealkylation sites (tertiary alicyclic amines) is 1. The van der Waals surface area contributed by atoms with Crippen molar-refractivity contribution in [1.29, 1.82) is 0 Å². The van der Waals surface area contributed by atoms with Crippen LogP contribution in [-0.4, -0.2) is 42.3 Å². The molecule has 3 amide bonds. The number of carbonyl (C=O) groups excluding carboxylic acids is 3. The maximum atomic E-state index is 12.8. The van der Waals surface area contributed by atoms with E-state index in [1.807, 2.05) is 30.9 Å². The van der Waals surface area contributed by atoms with Crippen molar-refractivity contribution in [3.05, 3.63) is 53.6 Å². The van der Waals surface area contributed by atoms with Gasteiger partial charge in [0.15, 0.2) is 6.61 Å². The lowest BCUT2D eigenvalue weighted by Crippen LogP contribution is -2.38. The highest BCUT2D eigenvalue weighted by atomic mass is 16.5. The van der Waals surface area contributed by atoms with Crippen molar-refractivity contribution in [1.82, 2.24) is 4.90 Å². The monoisotopic (exact) mass is 437 g/mol. The molecule has 2 N–H and O–H groups in total. The van der Waals surface area contributed by atoms with E-state index >= 15 is 0 Å². The molecule has 2 aromatic carbocycles. The molecule has 3 rings (SSSR count). The highest BCUT2D eigenvalue weighted by Crippen LogP contribution is 2.22. The molecule has 7 heteroatoms. The van der Waals surface area contributed by atoms with Crippen LogP contribution in [0.1, 0.15) is 54.9 Å². The van der Waals surface area contributed by atoms with Crippen LogP contribution in [0, 0.1) is 6.92 Å². The molecule has 1 aliphatic rings. The van der Waals surface area contributed by atoms with Crippen molar-refractivity contribution in [2.24, 2.45) is 0 Å². The smallest absolute Gasteiger partial charge is 0.260 e.